The summed E-state index contributed by atoms with van der Waals surface area (Å²) in [6.07, 6.45) is 0. The highest BCUT2D eigenvalue weighted by Crippen LogP contribution is 2.27. The smallest absolute Gasteiger partial charge is 0.349 e. The van der Waals surface area contributed by atoms with E-state index in [0.717, 1.165) is 21.9 Å². The molecule has 0 unspecified atom stereocenters. The van der Waals surface area contributed by atoms with Crippen molar-refractivity contribution in [3.05, 3.63) is 107 Å². The number of hydrogen-bond donors (Lipinski definition) is 1. The van der Waals surface area contributed by atoms with Crippen LogP contribution in [0.2, 0.25) is 0 Å². The Morgan fingerprint density at radius 3 is 2.39 bits per heavy atom. The summed E-state index contributed by atoms with van der Waals surface area (Å²) < 4.78 is 11.2. The third kappa shape index (κ3) is 3.34. The minimum absolute atomic E-state index is 0.0538. The Hall–Kier alpha value is -4.71. The summed E-state index contributed by atoms with van der Waals surface area (Å²) in [5, 5.41) is 5.39. The lowest BCUT2D eigenvalue weighted by atomic mass is 10.0. The maximum atomic E-state index is 12.9. The van der Waals surface area contributed by atoms with Crippen molar-refractivity contribution < 1.29 is 13.6 Å². The molecule has 0 aliphatic heterocycles. The Labute approximate surface area is 187 Å². The highest BCUT2D eigenvalue weighted by Gasteiger charge is 2.16. The van der Waals surface area contributed by atoms with Crippen molar-refractivity contribution in [3.8, 4) is 11.5 Å². The summed E-state index contributed by atoms with van der Waals surface area (Å²) in [5.41, 5.74) is 2.51. The van der Waals surface area contributed by atoms with E-state index in [1.165, 1.54) is 0 Å². The van der Waals surface area contributed by atoms with Gasteiger partial charge in [-0.2, -0.15) is 0 Å². The number of oxazole rings is 1. The molecule has 1 amide bonds. The highest BCUT2D eigenvalue weighted by atomic mass is 16.4. The summed E-state index contributed by atoms with van der Waals surface area (Å²) in [4.78, 5) is 29.8. The van der Waals surface area contributed by atoms with Gasteiger partial charge in [0.1, 0.15) is 16.7 Å². The third-order valence-corrected chi connectivity index (χ3v) is 5.57. The molecule has 33 heavy (non-hydrogen) atoms. The van der Waals surface area contributed by atoms with Crippen molar-refractivity contribution in [2.45, 2.75) is 0 Å². The fourth-order valence-corrected chi connectivity index (χ4v) is 3.92. The van der Waals surface area contributed by atoms with Crippen LogP contribution >= 0.6 is 0 Å². The second kappa shape index (κ2) is 7.46. The van der Waals surface area contributed by atoms with Crippen LogP contribution < -0.4 is 10.9 Å². The van der Waals surface area contributed by atoms with Gasteiger partial charge in [0.25, 0.3) is 5.91 Å². The van der Waals surface area contributed by atoms with Crippen molar-refractivity contribution in [1.82, 2.24) is 4.98 Å². The van der Waals surface area contributed by atoms with Crippen LogP contribution in [0.1, 0.15) is 10.4 Å². The zero-order chi connectivity index (χ0) is 22.4. The molecule has 6 aromatic rings. The fraction of sp³-hybridized carbons (Fsp3) is 0. The number of fused-ring (bicyclic) bond motifs is 4. The Kier molecular flexibility index (Phi) is 4.30. The Balaban J connectivity index is 1.31. The molecule has 0 bridgehead atoms. The molecule has 0 spiro atoms. The number of para-hydroxylation sites is 2. The van der Waals surface area contributed by atoms with E-state index < -0.39 is 11.5 Å². The minimum Gasteiger partial charge on any atom is -0.436 e. The predicted molar refractivity (Wildman–Crippen MR) is 127 cm³/mol. The largest absolute Gasteiger partial charge is 0.436 e. The first-order chi connectivity index (χ1) is 16.2. The Morgan fingerprint density at radius 2 is 1.55 bits per heavy atom. The average Bonchev–Trinajstić information content (AvgIpc) is 3.28. The number of nitrogens with one attached hydrogen (secondary N) is 1. The first kappa shape index (κ1) is 19.0. The number of carbonyl (C=O) groups excluding carboxylic acids is 1. The number of hydrogen-bond acceptors (Lipinski definition) is 5. The summed E-state index contributed by atoms with van der Waals surface area (Å²) in [6.45, 7) is 0. The van der Waals surface area contributed by atoms with Crippen LogP contribution in [0.4, 0.5) is 5.69 Å². The van der Waals surface area contributed by atoms with Crippen LogP contribution in [0.15, 0.2) is 105 Å². The van der Waals surface area contributed by atoms with Crippen LogP contribution in [0.25, 0.3) is 44.3 Å². The standard InChI is InChI=1S/C27H16N2O4/c30-25(21-15-20-19-6-2-1-5-16(19)11-14-23(20)33-27(21)31)28-18-12-9-17(10-13-18)26-29-22-7-3-4-8-24(22)32-26/h1-15H,(H,28,30). The molecule has 0 fully saturated rings. The van der Waals surface area contributed by atoms with Gasteiger partial charge in [-0.1, -0.05) is 42.5 Å². The number of benzene rings is 4. The molecular weight excluding hydrogens is 416 g/mol. The molecule has 0 saturated heterocycles. The molecule has 0 radical (unpaired) electrons. The lowest BCUT2D eigenvalue weighted by Crippen LogP contribution is -2.20. The number of anilines is 1. The van der Waals surface area contributed by atoms with E-state index in [4.69, 9.17) is 8.83 Å². The van der Waals surface area contributed by atoms with Crippen LogP contribution in [-0.4, -0.2) is 10.9 Å². The third-order valence-electron chi connectivity index (χ3n) is 5.57. The van der Waals surface area contributed by atoms with Crippen molar-refractivity contribution in [1.29, 1.82) is 0 Å². The molecule has 158 valence electrons. The SMILES string of the molecule is O=C(Nc1ccc(-c2nc3ccccc3o2)cc1)c1cc2c(ccc3ccccc32)oc1=O. The second-order valence-electron chi connectivity index (χ2n) is 7.66. The van der Waals surface area contributed by atoms with Gasteiger partial charge < -0.3 is 14.2 Å². The monoisotopic (exact) mass is 432 g/mol. The molecule has 4 aromatic carbocycles. The van der Waals surface area contributed by atoms with E-state index in [2.05, 4.69) is 10.3 Å². The molecule has 6 heteroatoms. The predicted octanol–water partition coefficient (Wildman–Crippen LogP) is 6.01. The lowest BCUT2D eigenvalue weighted by Gasteiger charge is -2.07. The molecule has 6 rings (SSSR count). The van der Waals surface area contributed by atoms with E-state index in [1.807, 2.05) is 54.6 Å². The first-order valence-electron chi connectivity index (χ1n) is 10.4. The van der Waals surface area contributed by atoms with E-state index in [0.29, 0.717) is 28.1 Å². The molecule has 2 heterocycles. The average molecular weight is 432 g/mol. The zero-order valence-corrected chi connectivity index (χ0v) is 17.2. The fourth-order valence-electron chi connectivity index (χ4n) is 3.92. The summed E-state index contributed by atoms with van der Waals surface area (Å²) >= 11 is 0. The van der Waals surface area contributed by atoms with Crippen LogP contribution in [0, 0.1) is 0 Å². The Bertz CT molecular complexity index is 1700. The van der Waals surface area contributed by atoms with E-state index in [9.17, 15) is 9.59 Å². The van der Waals surface area contributed by atoms with Crippen molar-refractivity contribution in [3.63, 3.8) is 0 Å². The van der Waals surface area contributed by atoms with Crippen LogP contribution in [0.5, 0.6) is 0 Å². The van der Waals surface area contributed by atoms with E-state index in [1.54, 1.807) is 36.4 Å². The normalized spacial score (nSPS) is 11.3. The van der Waals surface area contributed by atoms with Crippen LogP contribution in [0.3, 0.4) is 0 Å². The van der Waals surface area contributed by atoms with Gasteiger partial charge in [-0.05, 0) is 59.3 Å². The molecule has 0 aliphatic rings. The lowest BCUT2D eigenvalue weighted by molar-refractivity contribution is 0.102. The van der Waals surface area contributed by atoms with Gasteiger partial charge in [-0.3, -0.25) is 4.79 Å². The minimum atomic E-state index is -0.682. The van der Waals surface area contributed by atoms with Crippen molar-refractivity contribution in [2.24, 2.45) is 0 Å². The summed E-state index contributed by atoms with van der Waals surface area (Å²) in [6, 6.07) is 27.6. The van der Waals surface area contributed by atoms with Gasteiger partial charge in [0.2, 0.25) is 5.89 Å². The number of aromatic nitrogens is 1. The summed E-state index contributed by atoms with van der Waals surface area (Å²) in [5.74, 6) is -0.0377. The van der Waals surface area contributed by atoms with Gasteiger partial charge in [-0.15, -0.1) is 0 Å². The molecule has 0 saturated carbocycles. The number of amides is 1. The maximum absolute atomic E-state index is 12.9. The summed E-state index contributed by atoms with van der Waals surface area (Å²) in [7, 11) is 0. The van der Waals surface area contributed by atoms with E-state index >= 15 is 0 Å². The molecule has 6 nitrogen and oxygen atoms in total. The molecule has 0 aliphatic carbocycles. The van der Waals surface area contributed by atoms with Gasteiger partial charge in [0.05, 0.1) is 0 Å². The molecule has 2 aromatic heterocycles. The molecule has 0 atom stereocenters. The highest BCUT2D eigenvalue weighted by molar-refractivity contribution is 6.10. The topological polar surface area (TPSA) is 85.3 Å². The zero-order valence-electron chi connectivity index (χ0n) is 17.2. The number of rotatable bonds is 3. The van der Waals surface area contributed by atoms with Gasteiger partial charge >= 0.3 is 5.63 Å². The van der Waals surface area contributed by atoms with Crippen LogP contribution in [-0.2, 0) is 0 Å². The number of nitrogens with zero attached hydrogens (tertiary/aromatic N) is 1. The quantitative estimate of drug-likeness (QED) is 0.274. The van der Waals surface area contributed by atoms with Gasteiger partial charge in [-0.25, -0.2) is 9.78 Å². The van der Waals surface area contributed by atoms with Gasteiger partial charge in [0.15, 0.2) is 5.58 Å². The number of carbonyl (C=O) groups is 1. The van der Waals surface area contributed by atoms with Gasteiger partial charge in [0, 0.05) is 16.6 Å². The van der Waals surface area contributed by atoms with Crippen molar-refractivity contribution >= 4 is 44.4 Å². The maximum Gasteiger partial charge on any atom is 0.349 e. The van der Waals surface area contributed by atoms with E-state index in [-0.39, 0.29) is 5.56 Å². The molecular formula is C27H16N2O4. The Morgan fingerprint density at radius 1 is 0.758 bits per heavy atom. The molecule has 1 N–H and O–H groups in total. The van der Waals surface area contributed by atoms with Crippen molar-refractivity contribution in [2.75, 3.05) is 5.32 Å². The second-order valence-corrected chi connectivity index (χ2v) is 7.66. The first-order valence-corrected chi connectivity index (χ1v) is 10.4.